The van der Waals surface area contributed by atoms with Crippen LogP contribution in [-0.2, 0) is 4.79 Å². The van der Waals surface area contributed by atoms with E-state index >= 15 is 0 Å². The van der Waals surface area contributed by atoms with Gasteiger partial charge in [0, 0.05) is 10.3 Å². The summed E-state index contributed by atoms with van der Waals surface area (Å²) in [5.41, 5.74) is 1.32. The predicted molar refractivity (Wildman–Crippen MR) is 110 cm³/mol. The van der Waals surface area contributed by atoms with E-state index in [2.05, 4.69) is 37.4 Å². The molecular formula is C24H32O2S. The second-order valence-corrected chi connectivity index (χ2v) is 11.2. The van der Waals surface area contributed by atoms with Crippen LogP contribution in [0, 0.1) is 34.5 Å². The van der Waals surface area contributed by atoms with Crippen molar-refractivity contribution >= 4 is 23.2 Å². The Morgan fingerprint density at radius 3 is 2.78 bits per heavy atom. The molecule has 7 atom stereocenters. The number of thiophene rings is 1. The summed E-state index contributed by atoms with van der Waals surface area (Å²) in [7, 11) is 0. The summed E-state index contributed by atoms with van der Waals surface area (Å²) in [6.45, 7) is 4.78. The Hall–Kier alpha value is -0.930. The first kappa shape index (κ1) is 18.1. The number of aliphatic hydroxyl groups excluding tert-OH is 1. The third kappa shape index (κ3) is 2.64. The lowest BCUT2D eigenvalue weighted by Crippen LogP contribution is -2.54. The first-order chi connectivity index (χ1) is 12.9. The molecular weight excluding hydrogens is 352 g/mol. The van der Waals surface area contributed by atoms with Crippen molar-refractivity contribution in [3.05, 3.63) is 28.0 Å². The number of rotatable bonds is 1. The maximum absolute atomic E-state index is 13.4. The fraction of sp³-hybridized carbons (Fsp3) is 0.708. The van der Waals surface area contributed by atoms with E-state index in [4.69, 9.17) is 0 Å². The summed E-state index contributed by atoms with van der Waals surface area (Å²) < 4.78 is 0. The fourth-order valence-electron chi connectivity index (χ4n) is 7.58. The summed E-state index contributed by atoms with van der Waals surface area (Å²) in [4.78, 5) is 14.6. The van der Waals surface area contributed by atoms with Crippen molar-refractivity contribution in [1.29, 1.82) is 0 Å². The van der Waals surface area contributed by atoms with E-state index in [0.717, 1.165) is 37.2 Å². The van der Waals surface area contributed by atoms with Crippen molar-refractivity contribution in [2.75, 3.05) is 0 Å². The molecule has 3 heteroatoms. The molecule has 1 heterocycles. The van der Waals surface area contributed by atoms with E-state index in [1.54, 1.807) is 11.3 Å². The van der Waals surface area contributed by atoms with Gasteiger partial charge in [-0.05, 0) is 104 Å². The number of aliphatic hydroxyl groups is 1. The smallest absolute Gasteiger partial charge is 0.165 e. The Kier molecular flexibility index (Phi) is 4.22. The monoisotopic (exact) mass is 384 g/mol. The zero-order valence-corrected chi connectivity index (χ0v) is 17.4. The third-order valence-electron chi connectivity index (χ3n) is 9.14. The van der Waals surface area contributed by atoms with Crippen LogP contribution < -0.4 is 0 Å². The molecule has 4 aliphatic carbocycles. The summed E-state index contributed by atoms with van der Waals surface area (Å²) in [6.07, 6.45) is 11.0. The molecule has 4 aliphatic rings. The lowest BCUT2D eigenvalue weighted by Gasteiger charge is -2.59. The molecule has 0 aliphatic heterocycles. The SMILES string of the molecule is C[C@]12CC[C@@H](O)C[C@H]1CC[C@@H]1[C@@H]2CC[C@]2(C)C(=O)/C(=C/c3cccs3)C[C@@H]12. The van der Waals surface area contributed by atoms with Gasteiger partial charge in [0.05, 0.1) is 6.10 Å². The van der Waals surface area contributed by atoms with Gasteiger partial charge in [-0.15, -0.1) is 11.3 Å². The molecule has 1 aromatic heterocycles. The molecule has 0 spiro atoms. The number of hydrogen-bond acceptors (Lipinski definition) is 3. The number of Topliss-reactive ketones (excluding diaryl/α,β-unsaturated/α-hetero) is 1. The number of ketones is 1. The largest absolute Gasteiger partial charge is 0.393 e. The highest BCUT2D eigenvalue weighted by Gasteiger charge is 2.61. The Bertz CT molecular complexity index is 765. The number of allylic oxidation sites excluding steroid dienone is 1. The van der Waals surface area contributed by atoms with Gasteiger partial charge in [0.25, 0.3) is 0 Å². The second kappa shape index (κ2) is 6.29. The van der Waals surface area contributed by atoms with Crippen LogP contribution in [0.15, 0.2) is 23.1 Å². The maximum atomic E-state index is 13.4. The van der Waals surface area contributed by atoms with Crippen LogP contribution in [0.5, 0.6) is 0 Å². The van der Waals surface area contributed by atoms with Gasteiger partial charge in [-0.25, -0.2) is 0 Å². The van der Waals surface area contributed by atoms with Crippen LogP contribution in [0.25, 0.3) is 6.08 Å². The van der Waals surface area contributed by atoms with Gasteiger partial charge in [-0.2, -0.15) is 0 Å². The maximum Gasteiger partial charge on any atom is 0.165 e. The highest BCUT2D eigenvalue weighted by Crippen LogP contribution is 2.66. The lowest BCUT2D eigenvalue weighted by atomic mass is 9.45. The van der Waals surface area contributed by atoms with Gasteiger partial charge in [-0.3, -0.25) is 4.79 Å². The highest BCUT2D eigenvalue weighted by molar-refractivity contribution is 7.10. The molecule has 4 saturated carbocycles. The van der Waals surface area contributed by atoms with Crippen molar-refractivity contribution in [3.8, 4) is 0 Å². The molecule has 0 unspecified atom stereocenters. The van der Waals surface area contributed by atoms with Crippen LogP contribution in [0.3, 0.4) is 0 Å². The Balaban J connectivity index is 1.46. The van der Waals surface area contributed by atoms with Crippen molar-refractivity contribution in [2.45, 2.75) is 71.3 Å². The number of carbonyl (C=O) groups excluding carboxylic acids is 1. The van der Waals surface area contributed by atoms with E-state index in [-0.39, 0.29) is 11.5 Å². The average molecular weight is 385 g/mol. The van der Waals surface area contributed by atoms with Gasteiger partial charge in [-0.1, -0.05) is 19.9 Å². The van der Waals surface area contributed by atoms with Crippen LogP contribution in [0.4, 0.5) is 0 Å². The number of carbonyl (C=O) groups is 1. The quantitative estimate of drug-likeness (QED) is 0.629. The van der Waals surface area contributed by atoms with Gasteiger partial charge in [0.15, 0.2) is 5.78 Å². The average Bonchev–Trinajstić information content (AvgIpc) is 3.24. The molecule has 1 N–H and O–H groups in total. The molecule has 1 aromatic rings. The van der Waals surface area contributed by atoms with E-state index in [0.29, 0.717) is 29.0 Å². The van der Waals surface area contributed by atoms with E-state index in [9.17, 15) is 9.90 Å². The summed E-state index contributed by atoms with van der Waals surface area (Å²) in [6, 6.07) is 4.19. The molecule has 0 aromatic carbocycles. The normalized spacial score (nSPS) is 48.2. The molecule has 5 rings (SSSR count). The summed E-state index contributed by atoms with van der Waals surface area (Å²) >= 11 is 1.73. The topological polar surface area (TPSA) is 37.3 Å². The van der Waals surface area contributed by atoms with Crippen LogP contribution in [0.2, 0.25) is 0 Å². The Morgan fingerprint density at radius 1 is 1.15 bits per heavy atom. The lowest BCUT2D eigenvalue weighted by molar-refractivity contribution is -0.141. The molecule has 27 heavy (non-hydrogen) atoms. The zero-order valence-electron chi connectivity index (χ0n) is 16.6. The number of hydrogen-bond donors (Lipinski definition) is 1. The van der Waals surface area contributed by atoms with E-state index in [1.807, 2.05) is 0 Å². The molecule has 4 fully saturated rings. The molecule has 146 valence electrons. The molecule has 0 saturated heterocycles. The van der Waals surface area contributed by atoms with Gasteiger partial charge < -0.3 is 5.11 Å². The van der Waals surface area contributed by atoms with Gasteiger partial charge >= 0.3 is 0 Å². The van der Waals surface area contributed by atoms with Crippen LogP contribution in [0.1, 0.15) is 70.1 Å². The van der Waals surface area contributed by atoms with Crippen molar-refractivity contribution in [3.63, 3.8) is 0 Å². The van der Waals surface area contributed by atoms with Crippen molar-refractivity contribution < 1.29 is 9.90 Å². The van der Waals surface area contributed by atoms with E-state index in [1.165, 1.54) is 30.6 Å². The predicted octanol–water partition coefficient (Wildman–Crippen LogP) is 5.71. The first-order valence-electron chi connectivity index (χ1n) is 10.9. The highest BCUT2D eigenvalue weighted by atomic mass is 32.1. The third-order valence-corrected chi connectivity index (χ3v) is 9.96. The van der Waals surface area contributed by atoms with Crippen molar-refractivity contribution in [2.24, 2.45) is 34.5 Å². The first-order valence-corrected chi connectivity index (χ1v) is 11.8. The molecule has 0 amide bonds. The van der Waals surface area contributed by atoms with Gasteiger partial charge in [0.2, 0.25) is 0 Å². The van der Waals surface area contributed by atoms with Crippen LogP contribution >= 0.6 is 11.3 Å². The molecule has 2 nitrogen and oxygen atoms in total. The minimum Gasteiger partial charge on any atom is -0.393 e. The fourth-order valence-corrected chi connectivity index (χ4v) is 8.26. The van der Waals surface area contributed by atoms with E-state index < -0.39 is 0 Å². The number of fused-ring (bicyclic) bond motifs is 5. The minimum absolute atomic E-state index is 0.0816. The van der Waals surface area contributed by atoms with Crippen LogP contribution in [-0.4, -0.2) is 17.0 Å². The van der Waals surface area contributed by atoms with Crippen molar-refractivity contribution in [1.82, 2.24) is 0 Å². The van der Waals surface area contributed by atoms with Gasteiger partial charge in [0.1, 0.15) is 0 Å². The summed E-state index contributed by atoms with van der Waals surface area (Å²) in [5.74, 6) is 3.09. The Morgan fingerprint density at radius 2 is 2.00 bits per heavy atom. The standard InChI is InChI=1S/C24H32O2S/c1-23-9-7-17(25)14-16(23)5-6-19-20(23)8-10-24(2)21(19)13-15(22(24)26)12-18-4-3-11-27-18/h3-4,11-12,16-17,19-21,25H,5-10,13-14H2,1-2H3/b15-12+/t16-,17-,19-,20+,21+,23+,24+/m1/s1. The second-order valence-electron chi connectivity index (χ2n) is 10.3. The zero-order chi connectivity index (χ0) is 18.8. The minimum atomic E-state index is -0.137. The summed E-state index contributed by atoms with van der Waals surface area (Å²) in [5, 5.41) is 12.3. The molecule has 0 bridgehead atoms. The molecule has 0 radical (unpaired) electrons. The Labute approximate surface area is 167 Å².